The molecule has 2 aromatic rings. The molecule has 8 nitrogen and oxygen atoms in total. The Bertz CT molecular complexity index is 1050. The Kier molecular flexibility index (Phi) is 11.2. The molecule has 4 unspecified atom stereocenters. The Hall–Kier alpha value is -3.55. The molecule has 0 aliphatic heterocycles. The second-order valence-electron chi connectivity index (χ2n) is 10.5. The molecule has 0 aromatic heterocycles. The smallest absolute Gasteiger partial charge is 0.408 e. The maximum atomic E-state index is 14.3. The molecule has 0 spiro atoms. The van der Waals surface area contributed by atoms with Crippen LogP contribution in [0.2, 0.25) is 0 Å². The van der Waals surface area contributed by atoms with E-state index in [0.717, 1.165) is 0 Å². The molecule has 0 aliphatic carbocycles. The van der Waals surface area contributed by atoms with Gasteiger partial charge in [0.1, 0.15) is 23.4 Å². The van der Waals surface area contributed by atoms with Crippen molar-refractivity contribution in [1.82, 2.24) is 10.2 Å². The van der Waals surface area contributed by atoms with E-state index >= 15 is 0 Å². The van der Waals surface area contributed by atoms with Crippen LogP contribution in [0.4, 0.5) is 10.5 Å². The number of carbonyl (C=O) groups is 3. The largest absolute Gasteiger partial charge is 0.497 e. The van der Waals surface area contributed by atoms with Crippen LogP contribution in [0, 0.1) is 5.92 Å². The fourth-order valence-corrected chi connectivity index (χ4v) is 4.03. The number of hydrogen-bond acceptors (Lipinski definition) is 5. The van der Waals surface area contributed by atoms with E-state index in [0.29, 0.717) is 29.8 Å². The van der Waals surface area contributed by atoms with Gasteiger partial charge in [0, 0.05) is 11.7 Å². The Morgan fingerprint density at radius 2 is 1.53 bits per heavy atom. The van der Waals surface area contributed by atoms with Crippen molar-refractivity contribution in [3.63, 3.8) is 0 Å². The van der Waals surface area contributed by atoms with Gasteiger partial charge in [-0.25, -0.2) is 4.79 Å². The highest BCUT2D eigenvalue weighted by Crippen LogP contribution is 2.29. The van der Waals surface area contributed by atoms with Crippen LogP contribution in [0.5, 0.6) is 5.75 Å². The molecule has 0 heterocycles. The van der Waals surface area contributed by atoms with E-state index in [1.54, 1.807) is 57.0 Å². The van der Waals surface area contributed by atoms with Crippen LogP contribution in [0.25, 0.3) is 0 Å². The Labute approximate surface area is 227 Å². The number of carbonyl (C=O) groups excluding carboxylic acids is 3. The van der Waals surface area contributed by atoms with E-state index in [1.165, 1.54) is 0 Å². The summed E-state index contributed by atoms with van der Waals surface area (Å²) in [5, 5.41) is 5.75. The number of hydrogen-bond donors (Lipinski definition) is 2. The minimum atomic E-state index is -0.923. The summed E-state index contributed by atoms with van der Waals surface area (Å²) < 4.78 is 10.7. The monoisotopic (exact) mass is 525 g/mol. The summed E-state index contributed by atoms with van der Waals surface area (Å²) in [5.74, 6) is -0.209. The number of alkyl carbamates (subject to hydrolysis) is 1. The van der Waals surface area contributed by atoms with Crippen LogP contribution in [0.3, 0.4) is 0 Å². The number of methoxy groups -OCH3 is 1. The van der Waals surface area contributed by atoms with Gasteiger partial charge in [0.15, 0.2) is 0 Å². The van der Waals surface area contributed by atoms with E-state index in [1.807, 2.05) is 58.0 Å². The maximum absolute atomic E-state index is 14.3. The van der Waals surface area contributed by atoms with Crippen molar-refractivity contribution in [2.24, 2.45) is 5.92 Å². The summed E-state index contributed by atoms with van der Waals surface area (Å²) in [6.45, 7) is 13.1. The zero-order valence-corrected chi connectivity index (χ0v) is 23.9. The number of amides is 3. The zero-order chi connectivity index (χ0) is 28.5. The minimum Gasteiger partial charge on any atom is -0.497 e. The summed E-state index contributed by atoms with van der Waals surface area (Å²) in [6, 6.07) is 14.1. The molecule has 0 saturated heterocycles. The van der Waals surface area contributed by atoms with E-state index in [9.17, 15) is 14.4 Å². The van der Waals surface area contributed by atoms with Gasteiger partial charge in [-0.15, -0.1) is 0 Å². The standard InChI is InChI=1S/C30H43N3O5/c1-9-20(3)25(32-29(36)38-30(5,6)7)28(35)33(21(4)10-2)26(22-14-12-11-13-15-22)27(34)31-23-16-18-24(37-8)19-17-23/h11-21,25-26H,9-10H2,1-8H3,(H,31,34)(H,32,36). The number of nitrogens with one attached hydrogen (secondary N) is 2. The normalized spacial score (nSPS) is 14.4. The molecule has 0 saturated carbocycles. The predicted molar refractivity (Wildman–Crippen MR) is 150 cm³/mol. The number of nitrogens with zero attached hydrogens (tertiary/aromatic N) is 1. The lowest BCUT2D eigenvalue weighted by Gasteiger charge is -2.39. The number of benzene rings is 2. The third-order valence-corrected chi connectivity index (χ3v) is 6.47. The molecule has 8 heteroatoms. The molecule has 0 radical (unpaired) electrons. The maximum Gasteiger partial charge on any atom is 0.408 e. The van der Waals surface area contributed by atoms with Crippen molar-refractivity contribution < 1.29 is 23.9 Å². The van der Waals surface area contributed by atoms with Gasteiger partial charge in [0.25, 0.3) is 5.91 Å². The Morgan fingerprint density at radius 3 is 2.03 bits per heavy atom. The highest BCUT2D eigenvalue weighted by atomic mass is 16.6. The van der Waals surface area contributed by atoms with Gasteiger partial charge in [-0.3, -0.25) is 9.59 Å². The fraction of sp³-hybridized carbons (Fsp3) is 0.500. The van der Waals surface area contributed by atoms with Crippen molar-refractivity contribution in [3.8, 4) is 5.75 Å². The van der Waals surface area contributed by atoms with Crippen molar-refractivity contribution in [1.29, 1.82) is 0 Å². The van der Waals surface area contributed by atoms with Crippen LogP contribution >= 0.6 is 0 Å². The van der Waals surface area contributed by atoms with Crippen LogP contribution in [0.15, 0.2) is 54.6 Å². The van der Waals surface area contributed by atoms with Gasteiger partial charge in [0.05, 0.1) is 7.11 Å². The highest BCUT2D eigenvalue weighted by Gasteiger charge is 2.40. The predicted octanol–water partition coefficient (Wildman–Crippen LogP) is 5.94. The second kappa shape index (κ2) is 13.8. The Balaban J connectivity index is 2.52. The summed E-state index contributed by atoms with van der Waals surface area (Å²) in [5.41, 5.74) is 0.542. The lowest BCUT2D eigenvalue weighted by molar-refractivity contribution is -0.144. The average molecular weight is 526 g/mol. The Morgan fingerprint density at radius 1 is 0.921 bits per heavy atom. The minimum absolute atomic E-state index is 0.192. The molecule has 0 aliphatic rings. The molecule has 2 aromatic carbocycles. The van der Waals surface area contributed by atoms with Gasteiger partial charge >= 0.3 is 6.09 Å². The molecule has 0 fully saturated rings. The molecule has 0 bridgehead atoms. The van der Waals surface area contributed by atoms with Crippen LogP contribution in [0.1, 0.15) is 72.9 Å². The van der Waals surface area contributed by atoms with Crippen molar-refractivity contribution in [2.75, 3.05) is 12.4 Å². The highest BCUT2D eigenvalue weighted by molar-refractivity contribution is 5.99. The van der Waals surface area contributed by atoms with E-state index < -0.39 is 23.8 Å². The lowest BCUT2D eigenvalue weighted by atomic mass is 9.94. The quantitative estimate of drug-likeness (QED) is 0.378. The number of ether oxygens (including phenoxy) is 2. The number of rotatable bonds is 11. The summed E-state index contributed by atoms with van der Waals surface area (Å²) in [4.78, 5) is 42.4. The first kappa shape index (κ1) is 30.7. The molecular weight excluding hydrogens is 482 g/mol. The molecule has 4 atom stereocenters. The van der Waals surface area contributed by atoms with Gasteiger partial charge in [-0.05, 0) is 69.9 Å². The second-order valence-corrected chi connectivity index (χ2v) is 10.5. The van der Waals surface area contributed by atoms with E-state index in [4.69, 9.17) is 9.47 Å². The summed E-state index contributed by atoms with van der Waals surface area (Å²) in [6.07, 6.45) is 0.596. The molecule has 2 N–H and O–H groups in total. The third-order valence-electron chi connectivity index (χ3n) is 6.47. The van der Waals surface area contributed by atoms with Crippen molar-refractivity contribution >= 4 is 23.6 Å². The van der Waals surface area contributed by atoms with E-state index in [-0.39, 0.29) is 23.8 Å². The van der Waals surface area contributed by atoms with E-state index in [2.05, 4.69) is 10.6 Å². The zero-order valence-electron chi connectivity index (χ0n) is 23.9. The lowest BCUT2D eigenvalue weighted by Crippen LogP contribution is -2.56. The molecule has 2 rings (SSSR count). The summed E-state index contributed by atoms with van der Waals surface area (Å²) >= 11 is 0. The fourth-order valence-electron chi connectivity index (χ4n) is 4.03. The van der Waals surface area contributed by atoms with Crippen LogP contribution in [-0.4, -0.2) is 47.6 Å². The SMILES string of the molecule is CCC(C)C(NC(=O)OC(C)(C)C)C(=O)N(C(C)CC)C(C(=O)Nc1ccc(OC)cc1)c1ccccc1. The molecule has 208 valence electrons. The van der Waals surface area contributed by atoms with Crippen molar-refractivity contribution in [3.05, 3.63) is 60.2 Å². The van der Waals surface area contributed by atoms with Gasteiger partial charge < -0.3 is 25.0 Å². The number of anilines is 1. The first-order valence-corrected chi connectivity index (χ1v) is 13.2. The molecule has 38 heavy (non-hydrogen) atoms. The van der Waals surface area contributed by atoms with Crippen molar-refractivity contribution in [2.45, 2.75) is 85.0 Å². The first-order valence-electron chi connectivity index (χ1n) is 13.2. The van der Waals surface area contributed by atoms with Gasteiger partial charge in [0.2, 0.25) is 5.91 Å². The van der Waals surface area contributed by atoms with Gasteiger partial charge in [-0.2, -0.15) is 0 Å². The van der Waals surface area contributed by atoms with Gasteiger partial charge in [-0.1, -0.05) is 57.5 Å². The van der Waals surface area contributed by atoms with Crippen LogP contribution in [-0.2, 0) is 14.3 Å². The topological polar surface area (TPSA) is 97.0 Å². The molecular formula is C30H43N3O5. The first-order chi connectivity index (χ1) is 17.9. The van der Waals surface area contributed by atoms with Crippen LogP contribution < -0.4 is 15.4 Å². The molecule has 3 amide bonds. The third kappa shape index (κ3) is 8.50. The average Bonchev–Trinajstić information content (AvgIpc) is 2.88. The summed E-state index contributed by atoms with van der Waals surface area (Å²) in [7, 11) is 1.58.